The SMILES string of the molecule is CCN(CC)C(=O)CNC(=O)N[C@H]1C[C@H]1c1ccccc1OC. The van der Waals surface area contributed by atoms with Gasteiger partial charge in [-0.3, -0.25) is 4.79 Å². The highest BCUT2D eigenvalue weighted by Crippen LogP contribution is 2.44. The molecule has 0 unspecified atom stereocenters. The maximum atomic E-state index is 11.9. The van der Waals surface area contributed by atoms with E-state index < -0.39 is 0 Å². The van der Waals surface area contributed by atoms with Crippen LogP contribution in [-0.4, -0.2) is 49.6 Å². The van der Waals surface area contributed by atoms with Crippen molar-refractivity contribution >= 4 is 11.9 Å². The van der Waals surface area contributed by atoms with Crippen molar-refractivity contribution in [3.8, 4) is 5.75 Å². The van der Waals surface area contributed by atoms with Crippen molar-refractivity contribution in [2.45, 2.75) is 32.2 Å². The molecule has 1 fully saturated rings. The average molecular weight is 319 g/mol. The van der Waals surface area contributed by atoms with E-state index in [2.05, 4.69) is 10.6 Å². The first-order valence-corrected chi connectivity index (χ1v) is 8.05. The highest BCUT2D eigenvalue weighted by atomic mass is 16.5. The van der Waals surface area contributed by atoms with Gasteiger partial charge in [0.15, 0.2) is 0 Å². The van der Waals surface area contributed by atoms with Gasteiger partial charge in [-0.2, -0.15) is 0 Å². The standard InChI is InChI=1S/C17H25N3O3/c1-4-20(5-2)16(21)11-18-17(22)19-14-10-13(14)12-8-6-7-9-15(12)23-3/h6-9,13-14H,4-5,10-11H2,1-3H3,(H2,18,19,22)/t13-,14-/m0/s1. The zero-order chi connectivity index (χ0) is 16.8. The molecule has 6 nitrogen and oxygen atoms in total. The van der Waals surface area contributed by atoms with E-state index in [9.17, 15) is 9.59 Å². The van der Waals surface area contributed by atoms with E-state index >= 15 is 0 Å². The fourth-order valence-corrected chi connectivity index (χ4v) is 2.73. The molecule has 1 saturated carbocycles. The molecule has 2 rings (SSSR count). The number of likely N-dealkylation sites (N-methyl/N-ethyl adjacent to an activating group) is 1. The Morgan fingerprint density at radius 2 is 1.96 bits per heavy atom. The van der Waals surface area contributed by atoms with E-state index in [1.165, 1.54) is 0 Å². The van der Waals surface area contributed by atoms with Gasteiger partial charge in [0.05, 0.1) is 13.7 Å². The molecular formula is C17H25N3O3. The number of urea groups is 1. The second-order valence-corrected chi connectivity index (χ2v) is 5.58. The Hall–Kier alpha value is -2.24. The van der Waals surface area contributed by atoms with E-state index in [1.54, 1.807) is 12.0 Å². The molecule has 6 heteroatoms. The lowest BCUT2D eigenvalue weighted by Crippen LogP contribution is -2.44. The lowest BCUT2D eigenvalue weighted by molar-refractivity contribution is -0.129. The van der Waals surface area contributed by atoms with Crippen molar-refractivity contribution in [3.05, 3.63) is 29.8 Å². The van der Waals surface area contributed by atoms with Gasteiger partial charge in [0.1, 0.15) is 5.75 Å². The van der Waals surface area contributed by atoms with E-state index in [-0.39, 0.29) is 30.4 Å². The van der Waals surface area contributed by atoms with Gasteiger partial charge in [-0.15, -0.1) is 0 Å². The Balaban J connectivity index is 1.79. The molecule has 2 N–H and O–H groups in total. The second kappa shape index (κ2) is 7.85. The summed E-state index contributed by atoms with van der Waals surface area (Å²) < 4.78 is 5.35. The van der Waals surface area contributed by atoms with Gasteiger partial charge < -0.3 is 20.3 Å². The van der Waals surface area contributed by atoms with Crippen molar-refractivity contribution in [1.82, 2.24) is 15.5 Å². The number of ether oxygens (including phenoxy) is 1. The van der Waals surface area contributed by atoms with Crippen LogP contribution in [0.2, 0.25) is 0 Å². The minimum absolute atomic E-state index is 0.0273. The first-order chi connectivity index (χ1) is 11.1. The number of benzene rings is 1. The molecule has 0 saturated heterocycles. The molecule has 23 heavy (non-hydrogen) atoms. The molecule has 3 amide bonds. The summed E-state index contributed by atoms with van der Waals surface area (Å²) in [6.45, 7) is 5.17. The molecule has 0 aliphatic heterocycles. The molecular weight excluding hydrogens is 294 g/mol. The molecule has 1 aliphatic carbocycles. The Labute approximate surface area is 137 Å². The normalized spacial score (nSPS) is 18.9. The van der Waals surface area contributed by atoms with E-state index in [4.69, 9.17) is 4.74 Å². The molecule has 1 aromatic carbocycles. The van der Waals surface area contributed by atoms with Gasteiger partial charge in [-0.1, -0.05) is 18.2 Å². The summed E-state index contributed by atoms with van der Waals surface area (Å²) in [5.41, 5.74) is 1.11. The lowest BCUT2D eigenvalue weighted by Gasteiger charge is -2.18. The average Bonchev–Trinajstić information content (AvgIpc) is 3.32. The van der Waals surface area contributed by atoms with Gasteiger partial charge in [0, 0.05) is 25.0 Å². The molecule has 0 aromatic heterocycles. The molecule has 0 heterocycles. The summed E-state index contributed by atoms with van der Waals surface area (Å²) in [5.74, 6) is 1.05. The number of hydrogen-bond donors (Lipinski definition) is 2. The molecule has 0 bridgehead atoms. The first-order valence-electron chi connectivity index (χ1n) is 8.05. The Morgan fingerprint density at radius 1 is 1.26 bits per heavy atom. The first kappa shape index (κ1) is 17.1. The highest BCUT2D eigenvalue weighted by Gasteiger charge is 2.41. The number of rotatable bonds is 7. The van der Waals surface area contributed by atoms with Crippen LogP contribution >= 0.6 is 0 Å². The van der Waals surface area contributed by atoms with Crippen molar-refractivity contribution in [2.75, 3.05) is 26.7 Å². The minimum Gasteiger partial charge on any atom is -0.496 e. The van der Waals surface area contributed by atoms with E-state index in [0.29, 0.717) is 13.1 Å². The summed E-state index contributed by atoms with van der Waals surface area (Å²) in [6.07, 6.45) is 0.887. The van der Waals surface area contributed by atoms with Crippen LogP contribution in [0, 0.1) is 0 Å². The van der Waals surface area contributed by atoms with Crippen LogP contribution < -0.4 is 15.4 Å². The third-order valence-electron chi connectivity index (χ3n) is 4.16. The summed E-state index contributed by atoms with van der Waals surface area (Å²) in [7, 11) is 1.65. The molecule has 0 spiro atoms. The Morgan fingerprint density at radius 3 is 2.61 bits per heavy atom. The monoisotopic (exact) mass is 319 g/mol. The van der Waals surface area contributed by atoms with Crippen LogP contribution in [0.25, 0.3) is 0 Å². The summed E-state index contributed by atoms with van der Waals surface area (Å²) in [4.78, 5) is 25.4. The maximum absolute atomic E-state index is 11.9. The maximum Gasteiger partial charge on any atom is 0.315 e. The number of nitrogens with one attached hydrogen (secondary N) is 2. The molecule has 2 atom stereocenters. The second-order valence-electron chi connectivity index (χ2n) is 5.58. The van der Waals surface area contributed by atoms with Gasteiger partial charge in [-0.25, -0.2) is 4.79 Å². The predicted molar refractivity (Wildman–Crippen MR) is 88.6 cm³/mol. The summed E-state index contributed by atoms with van der Waals surface area (Å²) >= 11 is 0. The topological polar surface area (TPSA) is 70.7 Å². The Bertz CT molecular complexity index is 558. The fourth-order valence-electron chi connectivity index (χ4n) is 2.73. The van der Waals surface area contributed by atoms with Crippen LogP contribution in [0.5, 0.6) is 5.75 Å². The summed E-state index contributed by atoms with van der Waals surface area (Å²) in [5, 5.41) is 5.54. The van der Waals surface area contributed by atoms with Crippen LogP contribution in [0.3, 0.4) is 0 Å². The van der Waals surface area contributed by atoms with E-state index in [0.717, 1.165) is 17.7 Å². The fraction of sp³-hybridized carbons (Fsp3) is 0.529. The van der Waals surface area contributed by atoms with Gasteiger partial charge in [0.25, 0.3) is 0 Å². The molecule has 1 aliphatic rings. The van der Waals surface area contributed by atoms with Crippen LogP contribution in [0.15, 0.2) is 24.3 Å². The number of amides is 3. The van der Waals surface area contributed by atoms with Gasteiger partial charge in [0.2, 0.25) is 5.91 Å². The van der Waals surface area contributed by atoms with Crippen LogP contribution in [0.1, 0.15) is 31.7 Å². The number of hydrogen-bond acceptors (Lipinski definition) is 3. The number of nitrogens with zero attached hydrogens (tertiary/aromatic N) is 1. The number of carbonyl (C=O) groups excluding carboxylic acids is 2. The van der Waals surface area contributed by atoms with Crippen LogP contribution in [0.4, 0.5) is 4.79 Å². The Kier molecular flexibility index (Phi) is 5.84. The molecule has 0 radical (unpaired) electrons. The van der Waals surface area contributed by atoms with Gasteiger partial charge >= 0.3 is 6.03 Å². The number of carbonyl (C=O) groups is 2. The van der Waals surface area contributed by atoms with Crippen molar-refractivity contribution in [3.63, 3.8) is 0 Å². The molecule has 1 aromatic rings. The zero-order valence-corrected chi connectivity index (χ0v) is 14.0. The van der Waals surface area contributed by atoms with E-state index in [1.807, 2.05) is 38.1 Å². The van der Waals surface area contributed by atoms with Crippen molar-refractivity contribution in [1.29, 1.82) is 0 Å². The van der Waals surface area contributed by atoms with Gasteiger partial charge in [-0.05, 0) is 31.9 Å². The predicted octanol–water partition coefficient (Wildman–Crippen LogP) is 1.72. The van der Waals surface area contributed by atoms with Crippen molar-refractivity contribution in [2.24, 2.45) is 0 Å². The largest absolute Gasteiger partial charge is 0.496 e. The highest BCUT2D eigenvalue weighted by molar-refractivity contribution is 5.84. The quantitative estimate of drug-likeness (QED) is 0.804. The smallest absolute Gasteiger partial charge is 0.315 e. The summed E-state index contributed by atoms with van der Waals surface area (Å²) in [6, 6.07) is 7.64. The molecule has 126 valence electrons. The zero-order valence-electron chi connectivity index (χ0n) is 14.0. The third kappa shape index (κ3) is 4.37. The lowest BCUT2D eigenvalue weighted by atomic mass is 10.1. The number of methoxy groups -OCH3 is 1. The minimum atomic E-state index is -0.298. The van der Waals surface area contributed by atoms with Crippen molar-refractivity contribution < 1.29 is 14.3 Å². The third-order valence-corrected chi connectivity index (χ3v) is 4.16. The van der Waals surface area contributed by atoms with Crippen LogP contribution in [-0.2, 0) is 4.79 Å². The number of para-hydroxylation sites is 1.